The molecule has 0 N–H and O–H groups in total. The van der Waals surface area contributed by atoms with Gasteiger partial charge >= 0.3 is 0 Å². The fourth-order valence-electron chi connectivity index (χ4n) is 2.27. The molecule has 100 valence electrons. The summed E-state index contributed by atoms with van der Waals surface area (Å²) in [6, 6.07) is 10.7. The fraction of sp³-hybridized carbons (Fsp3) is 0.133. The van der Waals surface area contributed by atoms with Crippen LogP contribution in [0.5, 0.6) is 0 Å². The average molecular weight is 267 g/mol. The maximum atomic E-state index is 12.5. The SMILES string of the molecule is CN1C(=O)CN(C(=O)c2ccncc2)c2ccccc21. The minimum absolute atomic E-state index is 0.0503. The summed E-state index contributed by atoms with van der Waals surface area (Å²) >= 11 is 0. The first-order valence-corrected chi connectivity index (χ1v) is 6.26. The first-order valence-electron chi connectivity index (χ1n) is 6.26. The van der Waals surface area contributed by atoms with Crippen LogP contribution in [0, 0.1) is 0 Å². The molecule has 0 spiro atoms. The molecule has 1 aliphatic heterocycles. The van der Waals surface area contributed by atoms with Crippen LogP contribution in [0.3, 0.4) is 0 Å². The molecule has 0 saturated carbocycles. The normalized spacial score (nSPS) is 14.2. The van der Waals surface area contributed by atoms with Gasteiger partial charge in [-0.05, 0) is 24.3 Å². The van der Waals surface area contributed by atoms with Gasteiger partial charge in [-0.3, -0.25) is 19.5 Å². The van der Waals surface area contributed by atoms with Gasteiger partial charge in [0.1, 0.15) is 6.54 Å². The van der Waals surface area contributed by atoms with Gasteiger partial charge in [-0.15, -0.1) is 0 Å². The van der Waals surface area contributed by atoms with E-state index in [0.717, 1.165) is 11.4 Å². The Morgan fingerprint density at radius 3 is 2.45 bits per heavy atom. The zero-order valence-corrected chi connectivity index (χ0v) is 11.0. The monoisotopic (exact) mass is 267 g/mol. The van der Waals surface area contributed by atoms with Crippen LogP contribution in [0.2, 0.25) is 0 Å². The lowest BCUT2D eigenvalue weighted by molar-refractivity contribution is -0.117. The second-order valence-corrected chi connectivity index (χ2v) is 4.57. The molecule has 0 radical (unpaired) electrons. The van der Waals surface area contributed by atoms with Gasteiger partial charge in [0, 0.05) is 25.0 Å². The molecule has 1 aromatic carbocycles. The number of amides is 2. The molecule has 5 heteroatoms. The van der Waals surface area contributed by atoms with Crippen molar-refractivity contribution in [2.75, 3.05) is 23.4 Å². The zero-order chi connectivity index (χ0) is 14.1. The van der Waals surface area contributed by atoms with Crippen molar-refractivity contribution in [1.29, 1.82) is 0 Å². The number of likely N-dealkylation sites (N-methyl/N-ethyl adjacent to an activating group) is 1. The highest BCUT2D eigenvalue weighted by Crippen LogP contribution is 2.33. The number of hydrogen-bond acceptors (Lipinski definition) is 3. The second-order valence-electron chi connectivity index (χ2n) is 4.57. The molecule has 0 aliphatic carbocycles. The van der Waals surface area contributed by atoms with Crippen LogP contribution in [0.1, 0.15) is 10.4 Å². The van der Waals surface area contributed by atoms with Gasteiger partial charge in [0.05, 0.1) is 11.4 Å². The van der Waals surface area contributed by atoms with Crippen LogP contribution < -0.4 is 9.80 Å². The molecule has 2 heterocycles. The van der Waals surface area contributed by atoms with Gasteiger partial charge in [-0.25, -0.2) is 0 Å². The van der Waals surface area contributed by atoms with Crippen molar-refractivity contribution in [2.45, 2.75) is 0 Å². The number of fused-ring (bicyclic) bond motifs is 1. The Morgan fingerprint density at radius 2 is 1.75 bits per heavy atom. The molecule has 0 unspecified atom stereocenters. The Hall–Kier alpha value is -2.69. The molecular weight excluding hydrogens is 254 g/mol. The van der Waals surface area contributed by atoms with Crippen LogP contribution in [-0.2, 0) is 4.79 Å². The van der Waals surface area contributed by atoms with E-state index in [9.17, 15) is 9.59 Å². The molecule has 20 heavy (non-hydrogen) atoms. The van der Waals surface area contributed by atoms with Crippen molar-refractivity contribution in [3.05, 3.63) is 54.4 Å². The molecule has 3 rings (SSSR count). The Bertz CT molecular complexity index is 670. The van der Waals surface area contributed by atoms with E-state index in [1.54, 1.807) is 36.5 Å². The van der Waals surface area contributed by atoms with E-state index >= 15 is 0 Å². The summed E-state index contributed by atoms with van der Waals surface area (Å²) in [5.41, 5.74) is 2.01. The van der Waals surface area contributed by atoms with Gasteiger partial charge in [-0.2, -0.15) is 0 Å². The van der Waals surface area contributed by atoms with E-state index in [1.165, 1.54) is 4.90 Å². The molecule has 0 saturated heterocycles. The van der Waals surface area contributed by atoms with Crippen LogP contribution in [0.25, 0.3) is 0 Å². The maximum Gasteiger partial charge on any atom is 0.258 e. The predicted octanol–water partition coefficient (Wildman–Crippen LogP) is 1.70. The minimum atomic E-state index is -0.193. The second kappa shape index (κ2) is 4.77. The van der Waals surface area contributed by atoms with Crippen molar-refractivity contribution in [3.8, 4) is 0 Å². The van der Waals surface area contributed by atoms with Crippen LogP contribution in [0.4, 0.5) is 11.4 Å². The van der Waals surface area contributed by atoms with E-state index in [4.69, 9.17) is 0 Å². The fourth-order valence-corrected chi connectivity index (χ4v) is 2.27. The number of carbonyl (C=O) groups excluding carboxylic acids is 2. The number of nitrogens with zero attached hydrogens (tertiary/aromatic N) is 3. The zero-order valence-electron chi connectivity index (χ0n) is 11.0. The summed E-state index contributed by atoms with van der Waals surface area (Å²) in [5.74, 6) is -0.299. The first-order chi connectivity index (χ1) is 9.68. The lowest BCUT2D eigenvalue weighted by Crippen LogP contribution is -2.46. The first kappa shape index (κ1) is 12.3. The molecule has 0 fully saturated rings. The Balaban J connectivity index is 2.05. The smallest absolute Gasteiger partial charge is 0.258 e. The van der Waals surface area contributed by atoms with E-state index < -0.39 is 0 Å². The van der Waals surface area contributed by atoms with Gasteiger partial charge < -0.3 is 4.90 Å². The third kappa shape index (κ3) is 1.93. The lowest BCUT2D eigenvalue weighted by Gasteiger charge is -2.34. The van der Waals surface area contributed by atoms with E-state index in [0.29, 0.717) is 5.56 Å². The predicted molar refractivity (Wildman–Crippen MR) is 75.8 cm³/mol. The Morgan fingerprint density at radius 1 is 1.10 bits per heavy atom. The number of para-hydroxylation sites is 2. The number of pyridine rings is 1. The number of anilines is 2. The van der Waals surface area contributed by atoms with Crippen molar-refractivity contribution in [3.63, 3.8) is 0 Å². The Kier molecular flexibility index (Phi) is 2.95. The van der Waals surface area contributed by atoms with Crippen LogP contribution in [-0.4, -0.2) is 30.4 Å². The minimum Gasteiger partial charge on any atom is -0.312 e. The highest BCUT2D eigenvalue weighted by molar-refractivity contribution is 6.15. The summed E-state index contributed by atoms with van der Waals surface area (Å²) in [6.07, 6.45) is 3.13. The largest absolute Gasteiger partial charge is 0.312 e. The molecule has 5 nitrogen and oxygen atoms in total. The average Bonchev–Trinajstić information content (AvgIpc) is 2.51. The molecule has 1 aliphatic rings. The molecule has 2 aromatic rings. The molecule has 0 bridgehead atoms. The summed E-state index contributed by atoms with van der Waals surface area (Å²) in [7, 11) is 1.72. The van der Waals surface area contributed by atoms with Crippen LogP contribution in [0.15, 0.2) is 48.8 Å². The van der Waals surface area contributed by atoms with E-state index in [2.05, 4.69) is 4.98 Å². The number of hydrogen-bond donors (Lipinski definition) is 0. The summed E-state index contributed by atoms with van der Waals surface area (Å²) in [4.78, 5) is 31.5. The summed E-state index contributed by atoms with van der Waals surface area (Å²) < 4.78 is 0. The van der Waals surface area contributed by atoms with Gasteiger partial charge in [0.15, 0.2) is 0 Å². The van der Waals surface area contributed by atoms with Gasteiger partial charge in [0.2, 0.25) is 5.91 Å². The van der Waals surface area contributed by atoms with Crippen molar-refractivity contribution in [2.24, 2.45) is 0 Å². The van der Waals surface area contributed by atoms with E-state index in [-0.39, 0.29) is 18.4 Å². The number of aromatic nitrogens is 1. The quantitative estimate of drug-likeness (QED) is 0.790. The van der Waals surface area contributed by atoms with Crippen molar-refractivity contribution >= 4 is 23.2 Å². The molecule has 0 atom stereocenters. The third-order valence-electron chi connectivity index (χ3n) is 3.37. The van der Waals surface area contributed by atoms with Gasteiger partial charge in [0.25, 0.3) is 5.91 Å². The van der Waals surface area contributed by atoms with Gasteiger partial charge in [-0.1, -0.05) is 12.1 Å². The number of benzene rings is 1. The summed E-state index contributed by atoms with van der Waals surface area (Å²) in [6.45, 7) is 0.0503. The lowest BCUT2D eigenvalue weighted by atomic mass is 10.1. The third-order valence-corrected chi connectivity index (χ3v) is 3.37. The number of carbonyl (C=O) groups is 2. The Labute approximate surface area is 116 Å². The van der Waals surface area contributed by atoms with E-state index in [1.807, 2.05) is 24.3 Å². The van der Waals surface area contributed by atoms with Crippen LogP contribution >= 0.6 is 0 Å². The highest BCUT2D eigenvalue weighted by atomic mass is 16.2. The molecule has 2 amide bonds. The summed E-state index contributed by atoms with van der Waals surface area (Å²) in [5, 5.41) is 0. The number of rotatable bonds is 1. The van der Waals surface area contributed by atoms with Crippen molar-refractivity contribution < 1.29 is 9.59 Å². The topological polar surface area (TPSA) is 53.5 Å². The maximum absolute atomic E-state index is 12.5. The highest BCUT2D eigenvalue weighted by Gasteiger charge is 2.30. The molecular formula is C15H13N3O2. The molecule has 1 aromatic heterocycles. The van der Waals surface area contributed by atoms with Crippen molar-refractivity contribution in [1.82, 2.24) is 4.98 Å². The standard InChI is InChI=1S/C15H13N3O2/c1-17-12-4-2-3-5-13(12)18(10-14(17)19)15(20)11-6-8-16-9-7-11/h2-9H,10H2,1H3.